The molecule has 0 saturated heterocycles. The number of primary amides is 1. The molecule has 4 N–H and O–H groups in total. The number of aliphatic imine (C=N–C) groups is 1. The van der Waals surface area contributed by atoms with Gasteiger partial charge >= 0.3 is 0 Å². The first kappa shape index (κ1) is 10.5. The van der Waals surface area contributed by atoms with E-state index in [1.165, 1.54) is 0 Å². The van der Waals surface area contributed by atoms with Crippen LogP contribution >= 0.6 is 0 Å². The monoisotopic (exact) mass is 177 g/mol. The number of halogens is 2. The van der Waals surface area contributed by atoms with Crippen LogP contribution in [-0.2, 0) is 4.79 Å². The van der Waals surface area contributed by atoms with Crippen LogP contribution in [0.15, 0.2) is 16.8 Å². The number of nitrogens with two attached hydrogens (primary N) is 2. The Morgan fingerprint density at radius 2 is 2.08 bits per heavy atom. The van der Waals surface area contributed by atoms with E-state index < -0.39 is 18.9 Å². The summed E-state index contributed by atoms with van der Waals surface area (Å²) in [5, 5.41) is 0. The van der Waals surface area contributed by atoms with E-state index in [0.29, 0.717) is 0 Å². The third-order valence-electron chi connectivity index (χ3n) is 0.887. The molecule has 0 aromatic heterocycles. The van der Waals surface area contributed by atoms with E-state index in [9.17, 15) is 13.6 Å². The molecule has 6 heteroatoms. The molecule has 12 heavy (non-hydrogen) atoms. The smallest absolute Gasteiger partial charge is 0.264 e. The van der Waals surface area contributed by atoms with Crippen LogP contribution in [0.25, 0.3) is 0 Å². The van der Waals surface area contributed by atoms with Gasteiger partial charge in [0.15, 0.2) is 0 Å². The maximum Gasteiger partial charge on any atom is 0.264 e. The van der Waals surface area contributed by atoms with Crippen molar-refractivity contribution in [3.8, 4) is 0 Å². The van der Waals surface area contributed by atoms with Gasteiger partial charge in [-0.2, -0.15) is 0 Å². The molecule has 0 radical (unpaired) electrons. The summed E-state index contributed by atoms with van der Waals surface area (Å²) in [6.07, 6.45) is -0.402. The highest BCUT2D eigenvalue weighted by molar-refractivity contribution is 5.95. The zero-order valence-electron chi connectivity index (χ0n) is 6.21. The SMILES string of the molecule is NC(=O)/C(N)=C/C=NCC(F)F. The lowest BCUT2D eigenvalue weighted by atomic mass is 10.4. The highest BCUT2D eigenvalue weighted by Crippen LogP contribution is 1.90. The standard InChI is InChI=1S/C6H9F2N3O/c7-5(8)3-11-2-1-4(9)6(10)12/h1-2,5H,3,9H2,(H2,10,12)/b4-1-,11-2?. The Labute approximate surface area is 67.9 Å². The van der Waals surface area contributed by atoms with E-state index in [1.54, 1.807) is 0 Å². The van der Waals surface area contributed by atoms with Crippen LogP contribution in [0.3, 0.4) is 0 Å². The minimum Gasteiger partial charge on any atom is -0.394 e. The Morgan fingerprint density at radius 1 is 1.50 bits per heavy atom. The largest absolute Gasteiger partial charge is 0.394 e. The number of hydrogen-bond donors (Lipinski definition) is 2. The predicted molar refractivity (Wildman–Crippen MR) is 40.8 cm³/mol. The van der Waals surface area contributed by atoms with Crippen LogP contribution in [0.2, 0.25) is 0 Å². The molecule has 0 spiro atoms. The summed E-state index contributed by atoms with van der Waals surface area (Å²) >= 11 is 0. The Balaban J connectivity index is 3.87. The molecule has 68 valence electrons. The van der Waals surface area contributed by atoms with Gasteiger partial charge in [0.25, 0.3) is 12.3 Å². The fourth-order valence-electron chi connectivity index (χ4n) is 0.356. The van der Waals surface area contributed by atoms with Gasteiger partial charge in [0.2, 0.25) is 0 Å². The molecule has 0 fully saturated rings. The molecule has 0 saturated carbocycles. The van der Waals surface area contributed by atoms with Crippen molar-refractivity contribution >= 4 is 12.1 Å². The van der Waals surface area contributed by atoms with Gasteiger partial charge in [-0.1, -0.05) is 0 Å². The van der Waals surface area contributed by atoms with Crippen molar-refractivity contribution in [3.63, 3.8) is 0 Å². The molecule has 0 bridgehead atoms. The number of amides is 1. The third-order valence-corrected chi connectivity index (χ3v) is 0.887. The van der Waals surface area contributed by atoms with Gasteiger partial charge in [0, 0.05) is 6.21 Å². The van der Waals surface area contributed by atoms with Crippen molar-refractivity contribution in [1.29, 1.82) is 0 Å². The lowest BCUT2D eigenvalue weighted by Gasteiger charge is -1.90. The minimum absolute atomic E-state index is 0.215. The lowest BCUT2D eigenvalue weighted by Crippen LogP contribution is -2.20. The highest BCUT2D eigenvalue weighted by Gasteiger charge is 1.97. The zero-order valence-corrected chi connectivity index (χ0v) is 6.21. The van der Waals surface area contributed by atoms with Gasteiger partial charge in [0.1, 0.15) is 0 Å². The number of alkyl halides is 2. The second-order valence-electron chi connectivity index (χ2n) is 1.89. The number of allylic oxidation sites excluding steroid dienone is 1. The molecule has 0 aromatic rings. The van der Waals surface area contributed by atoms with Gasteiger partial charge in [-0.15, -0.1) is 0 Å². The second kappa shape index (κ2) is 5.22. The minimum atomic E-state index is -2.50. The van der Waals surface area contributed by atoms with Gasteiger partial charge in [-0.25, -0.2) is 8.78 Å². The van der Waals surface area contributed by atoms with Crippen molar-refractivity contribution in [1.82, 2.24) is 0 Å². The number of hydrogen-bond acceptors (Lipinski definition) is 3. The molecular formula is C6H9F2N3O. The Bertz CT molecular complexity index is 213. The van der Waals surface area contributed by atoms with Crippen LogP contribution < -0.4 is 11.5 Å². The van der Waals surface area contributed by atoms with Crippen LogP contribution in [-0.4, -0.2) is 25.1 Å². The molecule has 0 rings (SSSR count). The summed E-state index contributed by atoms with van der Waals surface area (Å²) < 4.78 is 22.9. The fraction of sp³-hybridized carbons (Fsp3) is 0.333. The maximum atomic E-state index is 11.5. The van der Waals surface area contributed by atoms with Crippen LogP contribution in [0.5, 0.6) is 0 Å². The first-order chi connectivity index (χ1) is 5.54. The van der Waals surface area contributed by atoms with Crippen molar-refractivity contribution in [2.24, 2.45) is 16.5 Å². The van der Waals surface area contributed by atoms with Crippen molar-refractivity contribution in [3.05, 3.63) is 11.8 Å². The average molecular weight is 177 g/mol. The van der Waals surface area contributed by atoms with Crippen molar-refractivity contribution in [2.45, 2.75) is 6.43 Å². The van der Waals surface area contributed by atoms with Crippen LogP contribution in [0.4, 0.5) is 8.78 Å². The molecule has 1 amide bonds. The summed E-state index contributed by atoms with van der Waals surface area (Å²) in [5.41, 5.74) is 9.56. The molecule has 0 atom stereocenters. The summed E-state index contributed by atoms with van der Waals surface area (Å²) in [6.45, 7) is -0.609. The fourth-order valence-corrected chi connectivity index (χ4v) is 0.356. The molecular weight excluding hydrogens is 168 g/mol. The summed E-state index contributed by atoms with van der Waals surface area (Å²) in [5.74, 6) is -0.807. The lowest BCUT2D eigenvalue weighted by molar-refractivity contribution is -0.114. The molecule has 0 aromatic carbocycles. The van der Waals surface area contributed by atoms with E-state index in [1.807, 2.05) is 0 Å². The van der Waals surface area contributed by atoms with Gasteiger partial charge in [-0.3, -0.25) is 9.79 Å². The van der Waals surface area contributed by atoms with E-state index in [4.69, 9.17) is 11.5 Å². The second-order valence-corrected chi connectivity index (χ2v) is 1.89. The predicted octanol–water partition coefficient (Wildman–Crippen LogP) is -0.350. The quantitative estimate of drug-likeness (QED) is 0.454. The van der Waals surface area contributed by atoms with Gasteiger partial charge in [-0.05, 0) is 6.08 Å². The maximum absolute atomic E-state index is 11.5. The van der Waals surface area contributed by atoms with E-state index >= 15 is 0 Å². The summed E-state index contributed by atoms with van der Waals surface area (Å²) in [4.78, 5) is 13.5. The summed E-state index contributed by atoms with van der Waals surface area (Å²) in [7, 11) is 0. The Hall–Kier alpha value is -1.46. The summed E-state index contributed by atoms with van der Waals surface area (Å²) in [6, 6.07) is 0. The number of carbonyl (C=O) groups is 1. The molecule has 0 aliphatic rings. The van der Waals surface area contributed by atoms with E-state index in [-0.39, 0.29) is 5.70 Å². The molecule has 0 aliphatic carbocycles. The van der Waals surface area contributed by atoms with Crippen LogP contribution in [0.1, 0.15) is 0 Å². The van der Waals surface area contributed by atoms with E-state index in [0.717, 1.165) is 12.3 Å². The van der Waals surface area contributed by atoms with Crippen molar-refractivity contribution in [2.75, 3.05) is 6.54 Å². The van der Waals surface area contributed by atoms with Gasteiger partial charge in [0.05, 0.1) is 12.2 Å². The molecule has 0 aliphatic heterocycles. The molecule has 0 heterocycles. The number of carbonyl (C=O) groups excluding carboxylic acids is 1. The number of rotatable bonds is 4. The first-order valence-electron chi connectivity index (χ1n) is 3.07. The highest BCUT2D eigenvalue weighted by atomic mass is 19.3. The first-order valence-corrected chi connectivity index (χ1v) is 3.07. The Kier molecular flexibility index (Phi) is 4.59. The van der Waals surface area contributed by atoms with Gasteiger partial charge < -0.3 is 11.5 Å². The third kappa shape index (κ3) is 5.33. The van der Waals surface area contributed by atoms with Crippen LogP contribution in [0, 0.1) is 0 Å². The molecule has 0 unspecified atom stereocenters. The van der Waals surface area contributed by atoms with E-state index in [2.05, 4.69) is 4.99 Å². The number of nitrogens with zero attached hydrogens (tertiary/aromatic N) is 1. The topological polar surface area (TPSA) is 81.5 Å². The molecule has 4 nitrogen and oxygen atoms in total. The Morgan fingerprint density at radius 3 is 2.50 bits per heavy atom. The normalized spacial score (nSPS) is 12.8. The van der Waals surface area contributed by atoms with Crippen molar-refractivity contribution < 1.29 is 13.6 Å². The zero-order chi connectivity index (χ0) is 9.56. The average Bonchev–Trinajstić information content (AvgIpc) is 1.97.